The third kappa shape index (κ3) is 3.82. The van der Waals surface area contributed by atoms with E-state index < -0.39 is 10.0 Å². The van der Waals surface area contributed by atoms with Crippen molar-refractivity contribution in [2.24, 2.45) is 0 Å². The molecule has 0 aliphatic carbocycles. The first kappa shape index (κ1) is 15.5. The van der Waals surface area contributed by atoms with Crippen LogP contribution in [0.2, 0.25) is 0 Å². The van der Waals surface area contributed by atoms with Gasteiger partial charge in [-0.25, -0.2) is 13.1 Å². The third-order valence-corrected chi connectivity index (χ3v) is 5.75. The zero-order valence-electron chi connectivity index (χ0n) is 10.8. The first-order valence-electron chi connectivity index (χ1n) is 5.98. The molecule has 0 bridgehead atoms. The monoisotopic (exact) mass is 374 g/mol. The van der Waals surface area contributed by atoms with Crippen molar-refractivity contribution in [3.8, 4) is 0 Å². The summed E-state index contributed by atoms with van der Waals surface area (Å²) >= 11 is 4.87. The van der Waals surface area contributed by atoms with E-state index in [-0.39, 0.29) is 16.6 Å². The van der Waals surface area contributed by atoms with Crippen molar-refractivity contribution in [1.82, 2.24) is 4.72 Å². The van der Waals surface area contributed by atoms with E-state index in [0.717, 1.165) is 4.88 Å². The molecule has 0 radical (unpaired) electrons. The molecule has 4 nitrogen and oxygen atoms in total. The molecule has 1 unspecified atom stereocenters. The zero-order valence-corrected chi connectivity index (χ0v) is 14.1. The smallest absolute Gasteiger partial charge is 0.242 e. The highest BCUT2D eigenvalue weighted by atomic mass is 79.9. The highest BCUT2D eigenvalue weighted by molar-refractivity contribution is 9.10. The predicted octanol–water partition coefficient (Wildman–Crippen LogP) is 3.00. The molecule has 0 amide bonds. The Kier molecular flexibility index (Phi) is 4.85. The van der Waals surface area contributed by atoms with Crippen molar-refractivity contribution < 1.29 is 8.42 Å². The topological polar surface area (TPSA) is 72.2 Å². The lowest BCUT2D eigenvalue weighted by molar-refractivity contribution is 0.561. The molecule has 0 aliphatic heterocycles. The van der Waals surface area contributed by atoms with Crippen LogP contribution in [-0.2, 0) is 16.4 Å². The Labute approximate surface area is 131 Å². The van der Waals surface area contributed by atoms with Gasteiger partial charge in [-0.05, 0) is 43.0 Å². The van der Waals surface area contributed by atoms with E-state index in [1.165, 1.54) is 6.07 Å². The lowest BCUT2D eigenvalue weighted by Gasteiger charge is -2.15. The van der Waals surface area contributed by atoms with Gasteiger partial charge in [0.15, 0.2) is 0 Å². The van der Waals surface area contributed by atoms with Crippen LogP contribution in [0.3, 0.4) is 0 Å². The van der Waals surface area contributed by atoms with Crippen LogP contribution in [0.15, 0.2) is 45.1 Å². The maximum Gasteiger partial charge on any atom is 0.242 e. The number of nitrogens with two attached hydrogens (primary N) is 1. The molecular weight excluding hydrogens is 360 g/mol. The van der Waals surface area contributed by atoms with Gasteiger partial charge in [-0.15, -0.1) is 11.3 Å². The number of rotatable bonds is 5. The maximum atomic E-state index is 12.3. The SMILES string of the molecule is CC(Cc1cccs1)NS(=O)(=O)c1cc(Br)ccc1N. The number of hydrogen-bond donors (Lipinski definition) is 2. The Hall–Kier alpha value is -0.890. The van der Waals surface area contributed by atoms with Gasteiger partial charge >= 0.3 is 0 Å². The van der Waals surface area contributed by atoms with Crippen molar-refractivity contribution in [3.63, 3.8) is 0 Å². The number of thiophene rings is 1. The maximum absolute atomic E-state index is 12.3. The first-order valence-corrected chi connectivity index (χ1v) is 9.14. The van der Waals surface area contributed by atoms with Crippen LogP contribution in [-0.4, -0.2) is 14.5 Å². The molecule has 0 aliphatic rings. The predicted molar refractivity (Wildman–Crippen MR) is 86.4 cm³/mol. The molecule has 20 heavy (non-hydrogen) atoms. The molecule has 0 saturated heterocycles. The van der Waals surface area contributed by atoms with E-state index in [2.05, 4.69) is 20.7 Å². The van der Waals surface area contributed by atoms with Crippen LogP contribution in [0, 0.1) is 0 Å². The number of anilines is 1. The molecule has 0 spiro atoms. The van der Waals surface area contributed by atoms with Crippen molar-refractivity contribution in [3.05, 3.63) is 45.1 Å². The molecule has 1 aromatic heterocycles. The van der Waals surface area contributed by atoms with Gasteiger partial charge in [0, 0.05) is 15.4 Å². The summed E-state index contributed by atoms with van der Waals surface area (Å²) < 4.78 is 28.0. The number of halogens is 1. The molecule has 2 rings (SSSR count). The van der Waals surface area contributed by atoms with Crippen molar-refractivity contribution in [1.29, 1.82) is 0 Å². The second kappa shape index (κ2) is 6.26. The minimum absolute atomic E-state index is 0.102. The van der Waals surface area contributed by atoms with Crippen LogP contribution in [0.25, 0.3) is 0 Å². The molecule has 0 saturated carbocycles. The summed E-state index contributed by atoms with van der Waals surface area (Å²) in [5.41, 5.74) is 5.99. The zero-order chi connectivity index (χ0) is 14.8. The van der Waals surface area contributed by atoms with Crippen molar-refractivity contribution in [2.75, 3.05) is 5.73 Å². The first-order chi connectivity index (χ1) is 9.38. The van der Waals surface area contributed by atoms with E-state index in [9.17, 15) is 8.42 Å². The van der Waals surface area contributed by atoms with Gasteiger partial charge in [0.2, 0.25) is 10.0 Å². The van der Waals surface area contributed by atoms with Gasteiger partial charge in [0.05, 0.1) is 5.69 Å². The lowest BCUT2D eigenvalue weighted by atomic mass is 10.2. The minimum Gasteiger partial charge on any atom is -0.398 e. The molecule has 3 N–H and O–H groups in total. The number of nitrogen functional groups attached to an aromatic ring is 1. The van der Waals surface area contributed by atoms with Gasteiger partial charge in [0.1, 0.15) is 4.90 Å². The van der Waals surface area contributed by atoms with E-state index in [1.54, 1.807) is 23.5 Å². The number of sulfonamides is 1. The Morgan fingerprint density at radius 3 is 2.80 bits per heavy atom. The number of benzene rings is 1. The summed E-state index contributed by atoms with van der Waals surface area (Å²) in [6.07, 6.45) is 0.658. The minimum atomic E-state index is -3.62. The highest BCUT2D eigenvalue weighted by Gasteiger charge is 2.20. The van der Waals surface area contributed by atoms with Crippen molar-refractivity contribution in [2.45, 2.75) is 24.3 Å². The highest BCUT2D eigenvalue weighted by Crippen LogP contribution is 2.23. The molecular formula is C13H15BrN2O2S2. The molecule has 1 atom stereocenters. The van der Waals surface area contributed by atoms with E-state index >= 15 is 0 Å². The number of nitrogens with one attached hydrogen (secondary N) is 1. The Balaban J connectivity index is 2.16. The average molecular weight is 375 g/mol. The summed E-state index contributed by atoms with van der Waals surface area (Å²) in [6, 6.07) is 8.54. The van der Waals surface area contributed by atoms with Crippen LogP contribution in [0.1, 0.15) is 11.8 Å². The van der Waals surface area contributed by atoms with Crippen LogP contribution < -0.4 is 10.5 Å². The molecule has 1 aromatic carbocycles. The fourth-order valence-electron chi connectivity index (χ4n) is 1.84. The number of hydrogen-bond acceptors (Lipinski definition) is 4. The Bertz CT molecular complexity index is 684. The average Bonchev–Trinajstić information content (AvgIpc) is 2.84. The molecule has 108 valence electrons. The fraction of sp³-hybridized carbons (Fsp3) is 0.231. The van der Waals surface area contributed by atoms with E-state index in [4.69, 9.17) is 5.73 Å². The molecule has 0 fully saturated rings. The van der Waals surface area contributed by atoms with Gasteiger partial charge in [-0.3, -0.25) is 0 Å². The van der Waals surface area contributed by atoms with Gasteiger partial charge < -0.3 is 5.73 Å². The summed E-state index contributed by atoms with van der Waals surface area (Å²) in [4.78, 5) is 1.24. The second-order valence-electron chi connectivity index (χ2n) is 4.49. The normalized spacial score (nSPS) is 13.3. The van der Waals surface area contributed by atoms with Crippen LogP contribution in [0.5, 0.6) is 0 Å². The largest absolute Gasteiger partial charge is 0.398 e. The Morgan fingerprint density at radius 2 is 2.15 bits per heavy atom. The summed E-state index contributed by atoms with van der Waals surface area (Å²) in [7, 11) is -3.62. The summed E-state index contributed by atoms with van der Waals surface area (Å²) in [5, 5.41) is 1.98. The Morgan fingerprint density at radius 1 is 1.40 bits per heavy atom. The second-order valence-corrected chi connectivity index (χ2v) is 8.12. The standard InChI is InChI=1S/C13H15BrN2O2S2/c1-9(7-11-3-2-6-19-11)16-20(17,18)13-8-10(14)4-5-12(13)15/h2-6,8-9,16H,7,15H2,1H3. The van der Waals surface area contributed by atoms with Gasteiger partial charge in [-0.2, -0.15) is 0 Å². The fourth-order valence-corrected chi connectivity index (χ4v) is 4.59. The van der Waals surface area contributed by atoms with Crippen LogP contribution in [0.4, 0.5) is 5.69 Å². The lowest BCUT2D eigenvalue weighted by Crippen LogP contribution is -2.34. The third-order valence-electron chi connectivity index (χ3n) is 2.71. The quantitative estimate of drug-likeness (QED) is 0.790. The van der Waals surface area contributed by atoms with Gasteiger partial charge in [-0.1, -0.05) is 22.0 Å². The van der Waals surface area contributed by atoms with Crippen LogP contribution >= 0.6 is 27.3 Å². The van der Waals surface area contributed by atoms with E-state index in [1.807, 2.05) is 24.4 Å². The summed E-state index contributed by atoms with van der Waals surface area (Å²) in [5.74, 6) is 0. The van der Waals surface area contributed by atoms with Crippen molar-refractivity contribution >= 4 is 43.0 Å². The summed E-state index contributed by atoms with van der Waals surface area (Å²) in [6.45, 7) is 1.84. The molecule has 2 aromatic rings. The molecule has 1 heterocycles. The molecule has 7 heteroatoms. The van der Waals surface area contributed by atoms with Gasteiger partial charge in [0.25, 0.3) is 0 Å². The van der Waals surface area contributed by atoms with E-state index in [0.29, 0.717) is 10.9 Å².